The first-order chi connectivity index (χ1) is 7.81. The van der Waals surface area contributed by atoms with Crippen molar-refractivity contribution in [2.24, 2.45) is 5.73 Å². The third kappa shape index (κ3) is 2.23. The van der Waals surface area contributed by atoms with E-state index in [1.807, 2.05) is 6.07 Å². The van der Waals surface area contributed by atoms with Gasteiger partial charge in [-0.05, 0) is 25.1 Å². The molecule has 84 valence electrons. The molecule has 0 amide bonds. The lowest BCUT2D eigenvalue weighted by Gasteiger charge is -2.00. The van der Waals surface area contributed by atoms with Gasteiger partial charge in [0.2, 0.25) is 5.82 Å². The van der Waals surface area contributed by atoms with Crippen molar-refractivity contribution in [3.63, 3.8) is 0 Å². The van der Waals surface area contributed by atoms with E-state index in [0.29, 0.717) is 18.8 Å². The van der Waals surface area contributed by atoms with Crippen LogP contribution in [0.2, 0.25) is 0 Å². The Labute approximate surface area is 92.1 Å². The van der Waals surface area contributed by atoms with E-state index in [2.05, 4.69) is 15.1 Å². The molecule has 2 aromatic rings. The second kappa shape index (κ2) is 4.82. The van der Waals surface area contributed by atoms with Gasteiger partial charge in [-0.3, -0.25) is 4.98 Å². The Bertz CT molecular complexity index is 443. The number of aromatic nitrogens is 3. The lowest BCUT2D eigenvalue weighted by atomic mass is 10.2. The highest BCUT2D eigenvalue weighted by molar-refractivity contribution is 5.51. The summed E-state index contributed by atoms with van der Waals surface area (Å²) < 4.78 is 4.94. The number of aliphatic hydroxyl groups excluding tert-OH is 1. The molecule has 6 heteroatoms. The summed E-state index contributed by atoms with van der Waals surface area (Å²) in [5.41, 5.74) is 6.07. The molecule has 0 radical (unpaired) electrons. The number of pyridine rings is 1. The molecule has 0 aliphatic rings. The number of hydrogen-bond acceptors (Lipinski definition) is 6. The van der Waals surface area contributed by atoms with Crippen molar-refractivity contribution in [2.75, 3.05) is 6.54 Å². The molecule has 1 unspecified atom stereocenters. The minimum atomic E-state index is -0.803. The summed E-state index contributed by atoms with van der Waals surface area (Å²) in [5, 5.41) is 13.4. The van der Waals surface area contributed by atoms with Gasteiger partial charge in [-0.15, -0.1) is 0 Å². The van der Waals surface area contributed by atoms with E-state index in [0.717, 1.165) is 5.56 Å². The van der Waals surface area contributed by atoms with Crippen molar-refractivity contribution in [1.82, 2.24) is 15.1 Å². The molecule has 3 N–H and O–H groups in total. The summed E-state index contributed by atoms with van der Waals surface area (Å²) >= 11 is 0. The summed E-state index contributed by atoms with van der Waals surface area (Å²) in [6, 6.07) is 3.60. The Kier molecular flexibility index (Phi) is 3.23. The highest BCUT2D eigenvalue weighted by Gasteiger charge is 2.15. The van der Waals surface area contributed by atoms with Gasteiger partial charge in [0, 0.05) is 18.0 Å². The maximum atomic E-state index is 9.59. The van der Waals surface area contributed by atoms with E-state index in [1.165, 1.54) is 0 Å². The zero-order valence-corrected chi connectivity index (χ0v) is 8.58. The SMILES string of the molecule is NCCC(O)c1nc(-c2cccnc2)no1. The van der Waals surface area contributed by atoms with Gasteiger partial charge in [0.15, 0.2) is 0 Å². The van der Waals surface area contributed by atoms with Crippen LogP contribution in [0.15, 0.2) is 29.0 Å². The minimum absolute atomic E-state index is 0.185. The van der Waals surface area contributed by atoms with Crippen LogP contribution in [0.1, 0.15) is 18.4 Å². The molecule has 0 aliphatic heterocycles. The number of nitrogens with zero attached hydrogens (tertiary/aromatic N) is 3. The maximum Gasteiger partial charge on any atom is 0.255 e. The molecule has 6 nitrogen and oxygen atoms in total. The molecule has 0 bridgehead atoms. The normalized spacial score (nSPS) is 12.6. The molecule has 0 spiro atoms. The molecule has 0 saturated heterocycles. The second-order valence-corrected chi connectivity index (χ2v) is 3.29. The summed E-state index contributed by atoms with van der Waals surface area (Å²) in [4.78, 5) is 8.02. The number of hydrogen-bond donors (Lipinski definition) is 2. The monoisotopic (exact) mass is 220 g/mol. The van der Waals surface area contributed by atoms with E-state index in [9.17, 15) is 5.11 Å². The highest BCUT2D eigenvalue weighted by Crippen LogP contribution is 2.18. The van der Waals surface area contributed by atoms with Gasteiger partial charge >= 0.3 is 0 Å². The van der Waals surface area contributed by atoms with E-state index in [-0.39, 0.29) is 5.89 Å². The molecule has 2 heterocycles. The number of aliphatic hydroxyl groups is 1. The quantitative estimate of drug-likeness (QED) is 0.779. The Morgan fingerprint density at radius 2 is 2.38 bits per heavy atom. The van der Waals surface area contributed by atoms with Crippen molar-refractivity contribution in [2.45, 2.75) is 12.5 Å². The fourth-order valence-electron chi connectivity index (χ4n) is 1.26. The first-order valence-corrected chi connectivity index (χ1v) is 4.93. The zero-order chi connectivity index (χ0) is 11.4. The van der Waals surface area contributed by atoms with Crippen molar-refractivity contribution in [1.29, 1.82) is 0 Å². The Morgan fingerprint density at radius 3 is 3.06 bits per heavy atom. The van der Waals surface area contributed by atoms with Crippen LogP contribution < -0.4 is 5.73 Å². The lowest BCUT2D eigenvalue weighted by Crippen LogP contribution is -2.06. The third-order valence-corrected chi connectivity index (χ3v) is 2.09. The topological polar surface area (TPSA) is 98.1 Å². The maximum absolute atomic E-state index is 9.59. The standard InChI is InChI=1S/C10H12N4O2/c11-4-3-8(15)10-13-9(14-16-10)7-2-1-5-12-6-7/h1-2,5-6,8,15H,3-4,11H2. The number of rotatable bonds is 4. The third-order valence-electron chi connectivity index (χ3n) is 2.09. The molecule has 16 heavy (non-hydrogen) atoms. The lowest BCUT2D eigenvalue weighted by molar-refractivity contribution is 0.127. The van der Waals surface area contributed by atoms with E-state index in [4.69, 9.17) is 10.3 Å². The van der Waals surface area contributed by atoms with Gasteiger partial charge < -0.3 is 15.4 Å². The largest absolute Gasteiger partial charge is 0.383 e. The summed E-state index contributed by atoms with van der Waals surface area (Å²) in [5.74, 6) is 0.600. The van der Waals surface area contributed by atoms with Gasteiger partial charge in [0.25, 0.3) is 5.89 Å². The van der Waals surface area contributed by atoms with Crippen LogP contribution in [0.25, 0.3) is 11.4 Å². The van der Waals surface area contributed by atoms with Crippen molar-refractivity contribution in [3.8, 4) is 11.4 Å². The van der Waals surface area contributed by atoms with Gasteiger partial charge in [-0.25, -0.2) is 0 Å². The fourth-order valence-corrected chi connectivity index (χ4v) is 1.26. The molecular formula is C10H12N4O2. The van der Waals surface area contributed by atoms with Gasteiger partial charge in [-0.2, -0.15) is 4.98 Å². The van der Waals surface area contributed by atoms with E-state index >= 15 is 0 Å². The van der Waals surface area contributed by atoms with Crippen molar-refractivity contribution < 1.29 is 9.63 Å². The minimum Gasteiger partial charge on any atom is -0.383 e. The van der Waals surface area contributed by atoms with Crippen molar-refractivity contribution in [3.05, 3.63) is 30.4 Å². The number of nitrogens with two attached hydrogens (primary N) is 1. The van der Waals surface area contributed by atoms with Crippen LogP contribution >= 0.6 is 0 Å². The summed E-state index contributed by atoms with van der Waals surface area (Å²) in [6.45, 7) is 0.367. The van der Waals surface area contributed by atoms with E-state index in [1.54, 1.807) is 18.5 Å². The smallest absolute Gasteiger partial charge is 0.255 e. The average molecular weight is 220 g/mol. The van der Waals surface area contributed by atoms with Crippen LogP contribution in [0.5, 0.6) is 0 Å². The van der Waals surface area contributed by atoms with Gasteiger partial charge in [0.05, 0.1) is 0 Å². The summed E-state index contributed by atoms with van der Waals surface area (Å²) in [7, 11) is 0. The molecule has 2 aromatic heterocycles. The molecule has 0 saturated carbocycles. The Hall–Kier alpha value is -1.79. The van der Waals surface area contributed by atoms with E-state index < -0.39 is 6.10 Å². The first kappa shape index (κ1) is 10.7. The highest BCUT2D eigenvalue weighted by atomic mass is 16.5. The van der Waals surface area contributed by atoms with Gasteiger partial charge in [0.1, 0.15) is 6.10 Å². The molecule has 2 rings (SSSR count). The predicted molar refractivity (Wildman–Crippen MR) is 56.2 cm³/mol. The zero-order valence-electron chi connectivity index (χ0n) is 8.58. The molecule has 0 fully saturated rings. The van der Waals surface area contributed by atoms with Crippen LogP contribution in [0.4, 0.5) is 0 Å². The first-order valence-electron chi connectivity index (χ1n) is 4.93. The molecule has 0 aromatic carbocycles. The van der Waals surface area contributed by atoms with Crippen molar-refractivity contribution >= 4 is 0 Å². The second-order valence-electron chi connectivity index (χ2n) is 3.29. The fraction of sp³-hybridized carbons (Fsp3) is 0.300. The average Bonchev–Trinajstić information content (AvgIpc) is 2.80. The molecule has 1 atom stereocenters. The van der Waals surface area contributed by atoms with Crippen LogP contribution in [0, 0.1) is 0 Å². The van der Waals surface area contributed by atoms with Crippen LogP contribution in [0.3, 0.4) is 0 Å². The van der Waals surface area contributed by atoms with Crippen LogP contribution in [-0.2, 0) is 0 Å². The Balaban J connectivity index is 2.20. The molecular weight excluding hydrogens is 208 g/mol. The van der Waals surface area contributed by atoms with Gasteiger partial charge in [-0.1, -0.05) is 5.16 Å². The molecule has 0 aliphatic carbocycles. The predicted octanol–water partition coefficient (Wildman–Crippen LogP) is 0.514. The Morgan fingerprint density at radius 1 is 1.50 bits per heavy atom. The van der Waals surface area contributed by atoms with Crippen LogP contribution in [-0.4, -0.2) is 26.8 Å². The summed E-state index contributed by atoms with van der Waals surface area (Å²) in [6.07, 6.45) is 2.88.